The van der Waals surface area contributed by atoms with Crippen molar-refractivity contribution in [2.24, 2.45) is 5.41 Å². The molecular weight excluding hydrogens is 559 g/mol. The van der Waals surface area contributed by atoms with Crippen LogP contribution in [0.15, 0.2) is 0 Å². The molecule has 0 saturated carbocycles. The van der Waals surface area contributed by atoms with Gasteiger partial charge in [-0.2, -0.15) is 0 Å². The first kappa shape index (κ1) is 35.9. The van der Waals surface area contributed by atoms with E-state index in [1.54, 1.807) is 0 Å². The quantitative estimate of drug-likeness (QED) is 0.0287. The second kappa shape index (κ2) is 26.5. The minimum Gasteiger partial charge on any atom is -0.465 e. The summed E-state index contributed by atoms with van der Waals surface area (Å²) in [6.45, 7) is 6.98. The third kappa shape index (κ3) is 18.2. The highest BCUT2D eigenvalue weighted by Crippen LogP contribution is 2.34. The summed E-state index contributed by atoms with van der Waals surface area (Å²) in [6, 6.07) is 0. The van der Waals surface area contributed by atoms with Crippen LogP contribution in [0.5, 0.6) is 0 Å². The van der Waals surface area contributed by atoms with Crippen LogP contribution in [0, 0.1) is 5.41 Å². The van der Waals surface area contributed by atoms with Gasteiger partial charge in [0.1, 0.15) is 11.2 Å². The zero-order valence-electron chi connectivity index (χ0n) is 24.5. The van der Waals surface area contributed by atoms with Crippen molar-refractivity contribution in [2.75, 3.05) is 11.0 Å². The van der Waals surface area contributed by atoms with Gasteiger partial charge < -0.3 is 4.74 Å². The number of halogens is 1. The third-order valence-electron chi connectivity index (χ3n) is 7.75. The average molecular weight is 621 g/mol. The van der Waals surface area contributed by atoms with E-state index in [0.29, 0.717) is 25.9 Å². The number of carbonyl (C=O) groups is 2. The van der Waals surface area contributed by atoms with Crippen LogP contribution in [-0.4, -0.2) is 22.8 Å². The minimum atomic E-state index is -0.912. The number of unbranched alkanes of at least 4 members (excludes halogenated alkanes) is 18. The van der Waals surface area contributed by atoms with Crippen molar-refractivity contribution in [1.82, 2.24) is 0 Å². The lowest BCUT2D eigenvalue weighted by molar-refractivity contribution is -0.162. The van der Waals surface area contributed by atoms with Gasteiger partial charge in [0.2, 0.25) is 0 Å². The third-order valence-corrected chi connectivity index (χ3v) is 8.52. The smallest absolute Gasteiger partial charge is 0.319 e. The van der Waals surface area contributed by atoms with Crippen LogP contribution in [0.4, 0.5) is 0 Å². The predicted molar refractivity (Wildman–Crippen MR) is 165 cm³/mol. The van der Waals surface area contributed by atoms with Crippen LogP contribution in [0.25, 0.3) is 0 Å². The Hall–Kier alpha value is -0.130. The van der Waals surface area contributed by atoms with E-state index in [9.17, 15) is 9.59 Å². The summed E-state index contributed by atoms with van der Waals surface area (Å²) >= 11 is 2.42. The Morgan fingerprint density at radius 1 is 0.583 bits per heavy atom. The molecule has 0 aromatic rings. The standard InChI is InChI=1S/C32H61IO3/c1-4-7-9-11-13-15-16-18-22-26-30(34)32(6-3,27-23-19-20-24-28-33)31(35)36-29-25-21-17-14-12-10-8-5-2/h4-29H2,1-3H3. The number of ketones is 1. The van der Waals surface area contributed by atoms with E-state index in [1.165, 1.54) is 101 Å². The van der Waals surface area contributed by atoms with Crippen LogP contribution in [0.3, 0.4) is 0 Å². The lowest BCUT2D eigenvalue weighted by Crippen LogP contribution is -2.40. The number of Topliss-reactive ketones (excluding diaryl/α,β-unsaturated/α-hetero) is 1. The van der Waals surface area contributed by atoms with Gasteiger partial charge >= 0.3 is 5.97 Å². The maximum Gasteiger partial charge on any atom is 0.319 e. The Balaban J connectivity index is 4.55. The first-order valence-corrected chi connectivity index (χ1v) is 17.4. The molecule has 1 unspecified atom stereocenters. The summed E-state index contributed by atoms with van der Waals surface area (Å²) in [5, 5.41) is 0. The zero-order valence-corrected chi connectivity index (χ0v) is 26.6. The SMILES string of the molecule is CCCCCCCCCCCC(=O)C(CC)(CCCCCCI)C(=O)OCCCCCCCCCC. The molecule has 0 fully saturated rings. The molecule has 214 valence electrons. The van der Waals surface area contributed by atoms with Gasteiger partial charge in [-0.25, -0.2) is 0 Å². The molecular formula is C32H61IO3. The molecule has 0 aliphatic rings. The van der Waals surface area contributed by atoms with Crippen molar-refractivity contribution in [3.8, 4) is 0 Å². The maximum atomic E-state index is 13.4. The van der Waals surface area contributed by atoms with E-state index >= 15 is 0 Å². The zero-order chi connectivity index (χ0) is 26.7. The molecule has 0 N–H and O–H groups in total. The Morgan fingerprint density at radius 3 is 1.53 bits per heavy atom. The maximum absolute atomic E-state index is 13.4. The Bertz CT molecular complexity index is 472. The predicted octanol–water partition coefficient (Wildman–Crippen LogP) is 10.9. The van der Waals surface area contributed by atoms with Gasteiger partial charge in [-0.05, 0) is 36.5 Å². The number of carbonyl (C=O) groups excluding carboxylic acids is 2. The van der Waals surface area contributed by atoms with Crippen molar-refractivity contribution < 1.29 is 14.3 Å². The van der Waals surface area contributed by atoms with Crippen molar-refractivity contribution in [2.45, 2.75) is 175 Å². The van der Waals surface area contributed by atoms with Gasteiger partial charge in [-0.15, -0.1) is 0 Å². The molecule has 0 amide bonds. The van der Waals surface area contributed by atoms with Crippen LogP contribution in [0.2, 0.25) is 0 Å². The van der Waals surface area contributed by atoms with E-state index in [-0.39, 0.29) is 11.8 Å². The first-order chi connectivity index (χ1) is 17.6. The average Bonchev–Trinajstić information content (AvgIpc) is 2.88. The summed E-state index contributed by atoms with van der Waals surface area (Å²) in [5.74, 6) is -0.0921. The highest BCUT2D eigenvalue weighted by Gasteiger charge is 2.44. The van der Waals surface area contributed by atoms with Gasteiger partial charge in [0.05, 0.1) is 6.61 Å². The van der Waals surface area contributed by atoms with E-state index < -0.39 is 5.41 Å². The Morgan fingerprint density at radius 2 is 1.03 bits per heavy atom. The fourth-order valence-corrected chi connectivity index (χ4v) is 5.66. The molecule has 36 heavy (non-hydrogen) atoms. The fourth-order valence-electron chi connectivity index (χ4n) is 5.12. The van der Waals surface area contributed by atoms with E-state index in [0.717, 1.165) is 38.5 Å². The van der Waals surface area contributed by atoms with Crippen molar-refractivity contribution in [1.29, 1.82) is 0 Å². The molecule has 4 heteroatoms. The molecule has 0 aliphatic heterocycles. The molecule has 0 spiro atoms. The summed E-state index contributed by atoms with van der Waals surface area (Å²) in [5.41, 5.74) is -0.912. The van der Waals surface area contributed by atoms with Gasteiger partial charge in [0.15, 0.2) is 0 Å². The summed E-state index contributed by atoms with van der Waals surface area (Å²) < 4.78 is 6.95. The molecule has 0 rings (SSSR count). The summed E-state index contributed by atoms with van der Waals surface area (Å²) in [7, 11) is 0. The molecule has 0 bridgehead atoms. The molecule has 0 radical (unpaired) electrons. The van der Waals surface area contributed by atoms with Gasteiger partial charge in [0, 0.05) is 6.42 Å². The minimum absolute atomic E-state index is 0.141. The van der Waals surface area contributed by atoms with Crippen molar-refractivity contribution in [3.63, 3.8) is 0 Å². The number of rotatable bonds is 28. The fraction of sp³-hybridized carbons (Fsp3) is 0.938. The second-order valence-electron chi connectivity index (χ2n) is 10.9. The largest absolute Gasteiger partial charge is 0.465 e. The van der Waals surface area contributed by atoms with Crippen LogP contribution < -0.4 is 0 Å². The van der Waals surface area contributed by atoms with E-state index in [1.807, 2.05) is 6.92 Å². The van der Waals surface area contributed by atoms with Gasteiger partial charge in [0.25, 0.3) is 0 Å². The highest BCUT2D eigenvalue weighted by atomic mass is 127. The van der Waals surface area contributed by atoms with Crippen LogP contribution in [-0.2, 0) is 14.3 Å². The second-order valence-corrected chi connectivity index (χ2v) is 12.0. The number of alkyl halides is 1. The lowest BCUT2D eigenvalue weighted by Gasteiger charge is -2.29. The number of ether oxygens (including phenoxy) is 1. The molecule has 0 heterocycles. The first-order valence-electron chi connectivity index (χ1n) is 15.9. The molecule has 1 atom stereocenters. The number of hydrogen-bond acceptors (Lipinski definition) is 3. The topological polar surface area (TPSA) is 43.4 Å². The Kier molecular flexibility index (Phi) is 26.4. The van der Waals surface area contributed by atoms with Crippen LogP contribution >= 0.6 is 22.6 Å². The van der Waals surface area contributed by atoms with Crippen molar-refractivity contribution in [3.05, 3.63) is 0 Å². The number of esters is 1. The summed E-state index contributed by atoms with van der Waals surface area (Å²) in [6.07, 6.45) is 27.2. The van der Waals surface area contributed by atoms with Gasteiger partial charge in [-0.3, -0.25) is 9.59 Å². The van der Waals surface area contributed by atoms with Gasteiger partial charge in [-0.1, -0.05) is 159 Å². The molecule has 0 aromatic heterocycles. The lowest BCUT2D eigenvalue weighted by atomic mass is 9.74. The number of hydrogen-bond donors (Lipinski definition) is 0. The monoisotopic (exact) mass is 620 g/mol. The highest BCUT2D eigenvalue weighted by molar-refractivity contribution is 14.1. The molecule has 3 nitrogen and oxygen atoms in total. The molecule has 0 aromatic carbocycles. The van der Waals surface area contributed by atoms with Crippen molar-refractivity contribution >= 4 is 34.3 Å². The Labute approximate surface area is 239 Å². The van der Waals surface area contributed by atoms with E-state index in [4.69, 9.17) is 4.74 Å². The normalized spacial score (nSPS) is 13.0. The summed E-state index contributed by atoms with van der Waals surface area (Å²) in [4.78, 5) is 26.7. The van der Waals surface area contributed by atoms with Crippen LogP contribution in [0.1, 0.15) is 175 Å². The molecule has 0 aliphatic carbocycles. The van der Waals surface area contributed by atoms with E-state index in [2.05, 4.69) is 36.4 Å². The molecule has 0 saturated heterocycles.